The molecule has 0 spiro atoms. The van der Waals surface area contributed by atoms with Crippen LogP contribution in [0.2, 0.25) is 20.1 Å². The van der Waals surface area contributed by atoms with Gasteiger partial charge in [0.2, 0.25) is 0 Å². The number of carbonyl (C=O) groups excluding carboxylic acids is 2. The van der Waals surface area contributed by atoms with Crippen molar-refractivity contribution in [2.45, 2.75) is 0 Å². The molecule has 3 rings (SSSR count). The van der Waals surface area contributed by atoms with Crippen molar-refractivity contribution in [1.82, 2.24) is 0 Å². The largest absolute Gasteiger partial charge is 0.508 e. The van der Waals surface area contributed by atoms with Gasteiger partial charge in [-0.05, 0) is 66.2 Å². The summed E-state index contributed by atoms with van der Waals surface area (Å²) < 4.78 is 5.46. The minimum Gasteiger partial charge on any atom is -0.508 e. The smallest absolute Gasteiger partial charge is 0.266 e. The standard InChI is InChI=1S/C24H15Cl4N3O4/c25-18-6-3-16(10-19(18)26)30-22(33)12-35-23-20(27)8-13(9-21(23)28)7-14(11-29)24(34)31-15-1-4-17(32)5-2-15/h1-10,32H,12H2,(H,30,33)(H,31,34)/b14-7+. The van der Waals surface area contributed by atoms with Crippen molar-refractivity contribution in [1.29, 1.82) is 5.26 Å². The maximum atomic E-state index is 12.4. The van der Waals surface area contributed by atoms with Crippen LogP contribution in [0.3, 0.4) is 0 Å². The maximum absolute atomic E-state index is 12.4. The molecule has 178 valence electrons. The fourth-order valence-corrected chi connectivity index (χ4v) is 3.68. The summed E-state index contributed by atoms with van der Waals surface area (Å²) in [7, 11) is 0. The van der Waals surface area contributed by atoms with Crippen molar-refractivity contribution in [3.63, 3.8) is 0 Å². The first-order chi connectivity index (χ1) is 16.7. The summed E-state index contributed by atoms with van der Waals surface area (Å²) >= 11 is 24.3. The summed E-state index contributed by atoms with van der Waals surface area (Å²) in [6.07, 6.45) is 1.30. The Bertz CT molecular complexity index is 1330. The number of nitrogens with one attached hydrogen (secondary N) is 2. The predicted octanol–water partition coefficient (Wildman–Crippen LogP) is 6.57. The van der Waals surface area contributed by atoms with Crippen LogP contribution in [-0.4, -0.2) is 23.5 Å². The second kappa shape index (κ2) is 11.8. The molecule has 3 aromatic carbocycles. The highest BCUT2D eigenvalue weighted by Crippen LogP contribution is 2.35. The van der Waals surface area contributed by atoms with Crippen LogP contribution in [0.4, 0.5) is 11.4 Å². The van der Waals surface area contributed by atoms with Crippen molar-refractivity contribution in [2.75, 3.05) is 17.2 Å². The van der Waals surface area contributed by atoms with Gasteiger partial charge >= 0.3 is 0 Å². The van der Waals surface area contributed by atoms with E-state index in [9.17, 15) is 20.0 Å². The number of phenols is 1. The van der Waals surface area contributed by atoms with Gasteiger partial charge in [-0.15, -0.1) is 0 Å². The number of anilines is 2. The average molecular weight is 551 g/mol. The third-order valence-corrected chi connectivity index (χ3v) is 5.67. The van der Waals surface area contributed by atoms with E-state index in [-0.39, 0.29) is 32.1 Å². The van der Waals surface area contributed by atoms with Crippen LogP contribution in [0.25, 0.3) is 6.08 Å². The molecule has 0 aliphatic carbocycles. The molecule has 0 aromatic heterocycles. The van der Waals surface area contributed by atoms with E-state index in [0.29, 0.717) is 22.0 Å². The Balaban J connectivity index is 1.68. The SMILES string of the molecule is N#C/C(=C\c1cc(Cl)c(OCC(=O)Nc2ccc(Cl)c(Cl)c2)c(Cl)c1)C(=O)Nc1ccc(O)cc1. The van der Waals surface area contributed by atoms with Crippen LogP contribution in [0.15, 0.2) is 60.2 Å². The second-order valence-corrected chi connectivity index (χ2v) is 8.58. The zero-order valence-electron chi connectivity index (χ0n) is 17.6. The molecule has 0 unspecified atom stereocenters. The van der Waals surface area contributed by atoms with Crippen LogP contribution in [-0.2, 0) is 9.59 Å². The summed E-state index contributed by atoms with van der Waals surface area (Å²) in [4.78, 5) is 24.6. The average Bonchev–Trinajstić information content (AvgIpc) is 2.80. The molecule has 11 heteroatoms. The van der Waals surface area contributed by atoms with E-state index in [1.54, 1.807) is 12.1 Å². The Hall–Kier alpha value is -3.41. The molecule has 0 atom stereocenters. The van der Waals surface area contributed by atoms with E-state index in [2.05, 4.69) is 10.6 Å². The van der Waals surface area contributed by atoms with Gasteiger partial charge in [0, 0.05) is 11.4 Å². The maximum Gasteiger partial charge on any atom is 0.266 e. The highest BCUT2D eigenvalue weighted by molar-refractivity contribution is 6.42. The first kappa shape index (κ1) is 26.2. The highest BCUT2D eigenvalue weighted by Gasteiger charge is 2.14. The van der Waals surface area contributed by atoms with Crippen LogP contribution in [0, 0.1) is 11.3 Å². The van der Waals surface area contributed by atoms with Crippen molar-refractivity contribution in [3.05, 3.63) is 85.8 Å². The third-order valence-electron chi connectivity index (χ3n) is 4.37. The first-order valence-electron chi connectivity index (χ1n) is 9.75. The predicted molar refractivity (Wildman–Crippen MR) is 137 cm³/mol. The second-order valence-electron chi connectivity index (χ2n) is 6.95. The number of nitrogens with zero attached hydrogens (tertiary/aromatic N) is 1. The molecule has 0 saturated carbocycles. The minimum atomic E-state index is -0.662. The van der Waals surface area contributed by atoms with Gasteiger partial charge < -0.3 is 20.5 Å². The number of benzene rings is 3. The molecule has 3 aromatic rings. The summed E-state index contributed by atoms with van der Waals surface area (Å²) in [5, 5.41) is 24.7. The first-order valence-corrected chi connectivity index (χ1v) is 11.3. The van der Waals surface area contributed by atoms with Gasteiger partial charge in [0.15, 0.2) is 12.4 Å². The monoisotopic (exact) mass is 549 g/mol. The van der Waals surface area contributed by atoms with Crippen LogP contribution < -0.4 is 15.4 Å². The van der Waals surface area contributed by atoms with E-state index in [4.69, 9.17) is 51.1 Å². The lowest BCUT2D eigenvalue weighted by Crippen LogP contribution is -2.20. The van der Waals surface area contributed by atoms with E-state index >= 15 is 0 Å². The van der Waals surface area contributed by atoms with Gasteiger partial charge in [0.25, 0.3) is 11.8 Å². The molecule has 0 aliphatic heterocycles. The quantitative estimate of drug-likeness (QED) is 0.175. The van der Waals surface area contributed by atoms with Gasteiger partial charge in [0.05, 0.1) is 20.1 Å². The molecule has 35 heavy (non-hydrogen) atoms. The Labute approximate surface area is 220 Å². The number of hydrogen-bond acceptors (Lipinski definition) is 5. The van der Waals surface area contributed by atoms with E-state index < -0.39 is 18.4 Å². The van der Waals surface area contributed by atoms with Crippen LogP contribution >= 0.6 is 46.4 Å². The van der Waals surface area contributed by atoms with E-state index in [1.165, 1.54) is 48.5 Å². The lowest BCUT2D eigenvalue weighted by atomic mass is 10.1. The number of phenolic OH excluding ortho intramolecular Hbond substituents is 1. The Morgan fingerprint density at radius 1 is 0.886 bits per heavy atom. The minimum absolute atomic E-state index is 0.0393. The number of rotatable bonds is 7. The third kappa shape index (κ3) is 7.28. The van der Waals surface area contributed by atoms with Gasteiger partial charge in [0.1, 0.15) is 17.4 Å². The summed E-state index contributed by atoms with van der Waals surface area (Å²) in [6.45, 7) is -0.395. The van der Waals surface area contributed by atoms with Crippen molar-refractivity contribution in [3.8, 4) is 17.6 Å². The normalized spacial score (nSPS) is 10.9. The lowest BCUT2D eigenvalue weighted by Gasteiger charge is -2.12. The number of nitriles is 1. The van der Waals surface area contributed by atoms with Crippen molar-refractivity contribution >= 4 is 75.7 Å². The number of carbonyl (C=O) groups is 2. The molecule has 0 bridgehead atoms. The topological polar surface area (TPSA) is 111 Å². The molecule has 0 heterocycles. The van der Waals surface area contributed by atoms with Gasteiger partial charge in [-0.2, -0.15) is 5.26 Å². The Kier molecular flexibility index (Phi) is 8.85. The van der Waals surface area contributed by atoms with Gasteiger partial charge in [-0.3, -0.25) is 9.59 Å². The number of halogens is 4. The van der Waals surface area contributed by atoms with Gasteiger partial charge in [-0.1, -0.05) is 46.4 Å². The zero-order chi connectivity index (χ0) is 25.5. The molecule has 7 nitrogen and oxygen atoms in total. The number of hydrogen-bond donors (Lipinski definition) is 3. The van der Waals surface area contributed by atoms with Crippen LogP contribution in [0.5, 0.6) is 11.5 Å². The molecular weight excluding hydrogens is 536 g/mol. The summed E-state index contributed by atoms with van der Waals surface area (Å²) in [5.41, 5.74) is 0.984. The molecular formula is C24H15Cl4N3O4. The number of aromatic hydroxyl groups is 1. The summed E-state index contributed by atoms with van der Waals surface area (Å²) in [6, 6.07) is 15.1. The fraction of sp³-hybridized carbons (Fsp3) is 0.0417. The Morgan fingerprint density at radius 3 is 2.11 bits per heavy atom. The number of amides is 2. The molecule has 0 saturated heterocycles. The Morgan fingerprint density at radius 2 is 1.51 bits per heavy atom. The van der Waals surface area contributed by atoms with E-state index in [0.717, 1.165) is 0 Å². The summed E-state index contributed by atoms with van der Waals surface area (Å²) in [5.74, 6) is -1.05. The number of ether oxygens (including phenoxy) is 1. The highest BCUT2D eigenvalue weighted by atomic mass is 35.5. The lowest BCUT2D eigenvalue weighted by molar-refractivity contribution is -0.118. The van der Waals surface area contributed by atoms with Crippen molar-refractivity contribution in [2.24, 2.45) is 0 Å². The molecule has 2 amide bonds. The zero-order valence-corrected chi connectivity index (χ0v) is 20.6. The molecule has 3 N–H and O–H groups in total. The van der Waals surface area contributed by atoms with Gasteiger partial charge in [-0.25, -0.2) is 0 Å². The fourth-order valence-electron chi connectivity index (χ4n) is 2.77. The van der Waals surface area contributed by atoms with E-state index in [1.807, 2.05) is 6.07 Å². The van der Waals surface area contributed by atoms with Crippen LogP contribution in [0.1, 0.15) is 5.56 Å². The molecule has 0 radical (unpaired) electrons. The molecule has 0 aliphatic rings. The molecule has 0 fully saturated rings. The van der Waals surface area contributed by atoms with Crippen molar-refractivity contribution < 1.29 is 19.4 Å².